The Kier molecular flexibility index (Phi) is 7.49. The number of rotatable bonds is 3. The molecule has 0 N–H and O–H groups in total. The fourth-order valence-electron chi connectivity index (χ4n) is 12.4. The first-order chi connectivity index (χ1) is 30.8. The molecule has 0 radical (unpaired) electrons. The molecule has 2 heteroatoms. The first-order valence-electron chi connectivity index (χ1n) is 22.5. The van der Waals surface area contributed by atoms with Crippen LogP contribution < -0.4 is 9.64 Å². The normalized spacial score (nSPS) is 18.0. The number of benzene rings is 8. The van der Waals surface area contributed by atoms with E-state index in [1.165, 1.54) is 83.6 Å². The molecule has 13 rings (SSSR count). The Hall–Kier alpha value is -7.16. The van der Waals surface area contributed by atoms with Crippen molar-refractivity contribution in [3.05, 3.63) is 244 Å². The summed E-state index contributed by atoms with van der Waals surface area (Å²) in [4.78, 5) is 2.64. The highest BCUT2D eigenvalue weighted by Crippen LogP contribution is 2.62. The molecule has 8 aromatic carbocycles. The lowest BCUT2D eigenvalue weighted by Crippen LogP contribution is -2.36. The maximum Gasteiger partial charge on any atom is 0.132 e. The number of allylic oxidation sites excluding steroid dienone is 2. The van der Waals surface area contributed by atoms with Crippen LogP contribution in [-0.4, -0.2) is 6.04 Å². The number of fused-ring (bicyclic) bond motifs is 17. The van der Waals surface area contributed by atoms with Gasteiger partial charge in [0, 0.05) is 33.3 Å². The molecular formula is C61H47NO. The van der Waals surface area contributed by atoms with E-state index >= 15 is 0 Å². The van der Waals surface area contributed by atoms with Crippen LogP contribution in [0, 0.1) is 0 Å². The van der Waals surface area contributed by atoms with E-state index < -0.39 is 5.41 Å². The molecule has 1 atom stereocenters. The highest BCUT2D eigenvalue weighted by Gasteiger charge is 2.50. The van der Waals surface area contributed by atoms with Crippen LogP contribution >= 0.6 is 0 Å². The van der Waals surface area contributed by atoms with Crippen LogP contribution in [0.4, 0.5) is 11.4 Å². The molecule has 0 fully saturated rings. The van der Waals surface area contributed by atoms with Gasteiger partial charge >= 0.3 is 0 Å². The van der Waals surface area contributed by atoms with Crippen LogP contribution in [0.25, 0.3) is 39.0 Å². The quantitative estimate of drug-likeness (QED) is 0.176. The topological polar surface area (TPSA) is 12.5 Å². The highest BCUT2D eigenvalue weighted by molar-refractivity contribution is 5.95. The Labute approximate surface area is 370 Å². The molecule has 0 saturated heterocycles. The van der Waals surface area contributed by atoms with Crippen molar-refractivity contribution < 1.29 is 4.74 Å². The van der Waals surface area contributed by atoms with Gasteiger partial charge in [-0.15, -0.1) is 0 Å². The zero-order chi connectivity index (χ0) is 42.2. The Bertz CT molecular complexity index is 3250. The lowest BCUT2D eigenvalue weighted by atomic mass is 9.62. The Balaban J connectivity index is 1.08. The molecule has 1 heterocycles. The molecule has 1 spiro atoms. The Morgan fingerprint density at radius 1 is 0.413 bits per heavy atom. The van der Waals surface area contributed by atoms with E-state index in [4.69, 9.17) is 4.74 Å². The Morgan fingerprint density at radius 3 is 1.52 bits per heavy atom. The molecule has 1 aliphatic heterocycles. The van der Waals surface area contributed by atoms with Crippen molar-refractivity contribution >= 4 is 16.9 Å². The Morgan fingerprint density at radius 2 is 0.873 bits per heavy atom. The predicted molar refractivity (Wildman–Crippen MR) is 259 cm³/mol. The van der Waals surface area contributed by atoms with E-state index in [-0.39, 0.29) is 16.9 Å². The average molecular weight is 810 g/mol. The minimum absolute atomic E-state index is 0.0611. The first kappa shape index (κ1) is 36.5. The number of ether oxygens (including phenoxy) is 1. The van der Waals surface area contributed by atoms with Gasteiger partial charge in [-0.1, -0.05) is 185 Å². The number of hydrogen-bond acceptors (Lipinski definition) is 2. The van der Waals surface area contributed by atoms with E-state index in [1.54, 1.807) is 0 Å². The summed E-state index contributed by atoms with van der Waals surface area (Å²) < 4.78 is 7.04. The van der Waals surface area contributed by atoms with Crippen molar-refractivity contribution in [1.29, 1.82) is 0 Å². The zero-order valence-corrected chi connectivity index (χ0v) is 36.1. The third-order valence-corrected chi connectivity index (χ3v) is 15.3. The lowest BCUT2D eigenvalue weighted by Gasteiger charge is -2.43. The van der Waals surface area contributed by atoms with Gasteiger partial charge in [-0.3, -0.25) is 0 Å². The van der Waals surface area contributed by atoms with Crippen LogP contribution in [0.3, 0.4) is 0 Å². The molecule has 0 aromatic heterocycles. The van der Waals surface area contributed by atoms with Crippen molar-refractivity contribution in [2.45, 2.75) is 56.4 Å². The van der Waals surface area contributed by atoms with Gasteiger partial charge in [0.05, 0.1) is 11.5 Å². The van der Waals surface area contributed by atoms with Gasteiger partial charge in [0.2, 0.25) is 0 Å². The average Bonchev–Trinajstić information content (AvgIpc) is 3.65. The van der Waals surface area contributed by atoms with Gasteiger partial charge in [-0.25, -0.2) is 0 Å². The molecule has 5 aliphatic rings. The number of nitrogens with zero attached hydrogens (tertiary/aromatic N) is 1. The van der Waals surface area contributed by atoms with E-state index in [0.717, 1.165) is 34.7 Å². The molecule has 1 unspecified atom stereocenters. The van der Waals surface area contributed by atoms with Gasteiger partial charge in [-0.05, 0) is 121 Å². The molecule has 4 aliphatic carbocycles. The second-order valence-corrected chi connectivity index (χ2v) is 19.1. The molecule has 2 nitrogen and oxygen atoms in total. The van der Waals surface area contributed by atoms with Gasteiger partial charge in [-0.2, -0.15) is 0 Å². The summed E-state index contributed by atoms with van der Waals surface area (Å²) in [5.74, 6) is 1.78. The third kappa shape index (κ3) is 4.84. The van der Waals surface area contributed by atoms with Crippen LogP contribution in [0.2, 0.25) is 0 Å². The van der Waals surface area contributed by atoms with Crippen molar-refractivity contribution in [3.8, 4) is 44.9 Å². The van der Waals surface area contributed by atoms with Crippen molar-refractivity contribution in [2.24, 2.45) is 0 Å². The largest absolute Gasteiger partial charge is 0.457 e. The molecule has 0 amide bonds. The minimum Gasteiger partial charge on any atom is -0.457 e. The van der Waals surface area contributed by atoms with Gasteiger partial charge in [0.15, 0.2) is 0 Å². The van der Waals surface area contributed by atoms with Gasteiger partial charge < -0.3 is 9.64 Å². The maximum absolute atomic E-state index is 7.04. The second-order valence-electron chi connectivity index (χ2n) is 19.1. The summed E-state index contributed by atoms with van der Waals surface area (Å²) in [5, 5.41) is 0. The van der Waals surface area contributed by atoms with E-state index in [1.807, 2.05) is 0 Å². The molecule has 8 aromatic rings. The predicted octanol–water partition coefficient (Wildman–Crippen LogP) is 15.3. The number of anilines is 2. The van der Waals surface area contributed by atoms with Crippen LogP contribution in [0.15, 0.2) is 200 Å². The second kappa shape index (κ2) is 12.9. The summed E-state index contributed by atoms with van der Waals surface area (Å²) in [5.41, 5.74) is 22.2. The van der Waals surface area contributed by atoms with E-state index in [2.05, 4.69) is 227 Å². The SMILES string of the molecule is CC1(C)C2=CC(N(c3ccc4c(c3)C(C)(C)c3ccccc3-4)c3ccc4c(c3)C3(c5ccccc5O4)c4ccccc4-c4ccccc4-c4ccccc43)CC=C2c2ccccc21. The van der Waals surface area contributed by atoms with Crippen molar-refractivity contribution in [2.75, 3.05) is 4.90 Å². The number of hydrogen-bond donors (Lipinski definition) is 0. The fourth-order valence-corrected chi connectivity index (χ4v) is 12.4. The van der Waals surface area contributed by atoms with Crippen LogP contribution in [0.5, 0.6) is 11.5 Å². The van der Waals surface area contributed by atoms with Crippen LogP contribution in [0.1, 0.15) is 78.6 Å². The number of para-hydroxylation sites is 1. The van der Waals surface area contributed by atoms with Gasteiger partial charge in [0.1, 0.15) is 11.5 Å². The van der Waals surface area contributed by atoms with E-state index in [0.29, 0.717) is 0 Å². The van der Waals surface area contributed by atoms with E-state index in [9.17, 15) is 0 Å². The summed E-state index contributed by atoms with van der Waals surface area (Å²) in [6.45, 7) is 9.57. The first-order valence-corrected chi connectivity index (χ1v) is 22.5. The summed E-state index contributed by atoms with van der Waals surface area (Å²) in [6, 6.07) is 68.2. The standard InChI is InChI=1S/C61H47NO/c1-59(2)49-23-11-7-21-45(49)47-32-29-38(35-54(47)59)62(39-30-33-48-46-22-8-12-24-50(46)60(3,4)55(48)36-39)40-31-34-58-56(37-40)61(53-27-15-16-28-57(53)63-58)51-25-13-9-19-43(51)41-17-5-6-18-42(41)44-20-10-14-26-52(44)61/h5-29,31-37,39H,30H2,1-4H3. The summed E-state index contributed by atoms with van der Waals surface area (Å²) in [6.07, 6.45) is 5.99. The molecule has 63 heavy (non-hydrogen) atoms. The van der Waals surface area contributed by atoms with Gasteiger partial charge in [0.25, 0.3) is 0 Å². The minimum atomic E-state index is -0.688. The molecular weight excluding hydrogens is 763 g/mol. The zero-order valence-electron chi connectivity index (χ0n) is 36.1. The lowest BCUT2D eigenvalue weighted by molar-refractivity contribution is 0.435. The van der Waals surface area contributed by atoms with Crippen molar-refractivity contribution in [3.63, 3.8) is 0 Å². The highest BCUT2D eigenvalue weighted by atomic mass is 16.5. The summed E-state index contributed by atoms with van der Waals surface area (Å²) >= 11 is 0. The smallest absolute Gasteiger partial charge is 0.132 e. The third-order valence-electron chi connectivity index (χ3n) is 15.3. The summed E-state index contributed by atoms with van der Waals surface area (Å²) in [7, 11) is 0. The molecule has 0 bridgehead atoms. The maximum atomic E-state index is 7.04. The monoisotopic (exact) mass is 809 g/mol. The van der Waals surface area contributed by atoms with Crippen molar-refractivity contribution in [1.82, 2.24) is 0 Å². The fraction of sp³-hybridized carbons (Fsp3) is 0.148. The molecule has 0 saturated carbocycles. The molecule has 302 valence electrons. The van der Waals surface area contributed by atoms with Crippen LogP contribution in [-0.2, 0) is 16.2 Å².